The van der Waals surface area contributed by atoms with Crippen LogP contribution in [0.25, 0.3) is 0 Å². The largest absolute Gasteiger partial charge is 0.497 e. The lowest BCUT2D eigenvalue weighted by Gasteiger charge is -2.29. The minimum atomic E-state index is -0.682. The zero-order chi connectivity index (χ0) is 17.4. The van der Waals surface area contributed by atoms with Crippen molar-refractivity contribution < 1.29 is 24.4 Å². The quantitative estimate of drug-likeness (QED) is 0.551. The molecule has 2 rings (SSSR count). The van der Waals surface area contributed by atoms with Crippen molar-refractivity contribution in [2.75, 3.05) is 40.6 Å². The van der Waals surface area contributed by atoms with Crippen molar-refractivity contribution in [1.29, 1.82) is 0 Å². The topological polar surface area (TPSA) is 80.2 Å². The van der Waals surface area contributed by atoms with E-state index in [0.717, 1.165) is 17.9 Å². The third kappa shape index (κ3) is 5.43. The summed E-state index contributed by atoms with van der Waals surface area (Å²) in [5.41, 5.74) is 0.907. The molecule has 1 saturated carbocycles. The molecule has 0 bridgehead atoms. The second-order valence-electron chi connectivity index (χ2n) is 6.54. The van der Waals surface area contributed by atoms with Crippen molar-refractivity contribution in [2.24, 2.45) is 5.41 Å². The lowest BCUT2D eigenvalue weighted by atomic mass is 9.86. The summed E-state index contributed by atoms with van der Waals surface area (Å²) in [6, 6.07) is 7.91. The minimum absolute atomic E-state index is 0.251. The van der Waals surface area contributed by atoms with Gasteiger partial charge in [0, 0.05) is 25.6 Å². The molecule has 3 N–H and O–H groups in total. The molecule has 1 unspecified atom stereocenters. The highest BCUT2D eigenvalue weighted by atomic mass is 16.5. The number of hydrogen-bond acceptors (Lipinski definition) is 6. The summed E-state index contributed by atoms with van der Waals surface area (Å²) in [7, 11) is 3.29. The van der Waals surface area contributed by atoms with E-state index < -0.39 is 12.2 Å². The van der Waals surface area contributed by atoms with Crippen LogP contribution in [0.5, 0.6) is 5.75 Å². The van der Waals surface area contributed by atoms with Crippen molar-refractivity contribution in [3.05, 3.63) is 29.8 Å². The fourth-order valence-corrected chi connectivity index (χ4v) is 3.20. The number of rotatable bonds is 10. The van der Waals surface area contributed by atoms with Crippen LogP contribution in [0.4, 0.5) is 0 Å². The van der Waals surface area contributed by atoms with Crippen LogP contribution >= 0.6 is 0 Å². The summed E-state index contributed by atoms with van der Waals surface area (Å²) in [4.78, 5) is 0. The summed E-state index contributed by atoms with van der Waals surface area (Å²) in [5.74, 6) is 0.837. The summed E-state index contributed by atoms with van der Waals surface area (Å²) in [6.45, 7) is 2.96. The maximum absolute atomic E-state index is 9.94. The number of nitrogens with one attached hydrogen (secondary N) is 1. The first kappa shape index (κ1) is 19.1. The third-order valence-electron chi connectivity index (χ3n) is 4.56. The third-order valence-corrected chi connectivity index (χ3v) is 4.56. The summed E-state index contributed by atoms with van der Waals surface area (Å²) in [5, 5.41) is 23.3. The molecular weight excluding hydrogens is 310 g/mol. The van der Waals surface area contributed by atoms with Crippen LogP contribution < -0.4 is 10.1 Å². The molecule has 1 fully saturated rings. The Morgan fingerprint density at radius 1 is 1.08 bits per heavy atom. The molecule has 6 nitrogen and oxygen atoms in total. The molecule has 24 heavy (non-hydrogen) atoms. The van der Waals surface area contributed by atoms with Crippen LogP contribution in [-0.4, -0.2) is 63.0 Å². The van der Waals surface area contributed by atoms with Gasteiger partial charge in [-0.05, 0) is 30.5 Å². The summed E-state index contributed by atoms with van der Waals surface area (Å²) in [6.07, 6.45) is -0.286. The lowest BCUT2D eigenvalue weighted by molar-refractivity contribution is 0.0111. The van der Waals surface area contributed by atoms with Crippen LogP contribution in [-0.2, 0) is 16.0 Å². The first-order valence-corrected chi connectivity index (χ1v) is 8.35. The first-order valence-electron chi connectivity index (χ1n) is 8.35. The highest BCUT2D eigenvalue weighted by Crippen LogP contribution is 2.38. The highest BCUT2D eigenvalue weighted by molar-refractivity contribution is 5.27. The number of methoxy groups -OCH3 is 2. The van der Waals surface area contributed by atoms with E-state index in [9.17, 15) is 10.2 Å². The van der Waals surface area contributed by atoms with Gasteiger partial charge in [-0.25, -0.2) is 0 Å². The zero-order valence-electron chi connectivity index (χ0n) is 14.5. The molecule has 0 heterocycles. The second-order valence-corrected chi connectivity index (χ2v) is 6.54. The van der Waals surface area contributed by atoms with Crippen molar-refractivity contribution in [1.82, 2.24) is 5.32 Å². The molecule has 0 amide bonds. The predicted octanol–water partition coefficient (Wildman–Crippen LogP) is 0.950. The number of aliphatic hydroxyl groups excluding tert-OH is 2. The van der Waals surface area contributed by atoms with E-state index in [1.165, 1.54) is 0 Å². The van der Waals surface area contributed by atoms with E-state index in [1.54, 1.807) is 14.2 Å². The standard InChI is InChI=1S/C18H29NO5/c1-22-7-8-24-13-18(9-16(20)17(21)10-18)12-19-11-14-3-5-15(23-2)6-4-14/h3-6,16-17,19-21H,7-13H2,1-2H3/t16-,17+,18?. The van der Waals surface area contributed by atoms with Crippen LogP contribution in [0.3, 0.4) is 0 Å². The van der Waals surface area contributed by atoms with Gasteiger partial charge in [0.25, 0.3) is 0 Å². The SMILES string of the molecule is COCCOCC1(CNCc2ccc(OC)cc2)C[C@@H](O)[C@@H](O)C1. The highest BCUT2D eigenvalue weighted by Gasteiger charge is 2.44. The Labute approximate surface area is 143 Å². The van der Waals surface area contributed by atoms with Gasteiger partial charge in [0.2, 0.25) is 0 Å². The van der Waals surface area contributed by atoms with Gasteiger partial charge in [-0.1, -0.05) is 12.1 Å². The summed E-state index contributed by atoms with van der Waals surface area (Å²) < 4.78 is 15.8. The molecule has 136 valence electrons. The van der Waals surface area contributed by atoms with Crippen molar-refractivity contribution in [3.8, 4) is 5.75 Å². The summed E-state index contributed by atoms with van der Waals surface area (Å²) >= 11 is 0. The van der Waals surface area contributed by atoms with E-state index in [1.807, 2.05) is 24.3 Å². The van der Waals surface area contributed by atoms with Crippen LogP contribution in [0.1, 0.15) is 18.4 Å². The van der Waals surface area contributed by atoms with Crippen molar-refractivity contribution in [2.45, 2.75) is 31.6 Å². The molecule has 0 spiro atoms. The Morgan fingerprint density at radius 3 is 2.33 bits per heavy atom. The predicted molar refractivity (Wildman–Crippen MR) is 91.1 cm³/mol. The monoisotopic (exact) mass is 339 g/mol. The van der Waals surface area contributed by atoms with Crippen molar-refractivity contribution in [3.63, 3.8) is 0 Å². The van der Waals surface area contributed by atoms with E-state index in [-0.39, 0.29) is 5.41 Å². The van der Waals surface area contributed by atoms with Gasteiger partial charge < -0.3 is 29.7 Å². The Balaban J connectivity index is 1.85. The van der Waals surface area contributed by atoms with Gasteiger partial charge in [-0.3, -0.25) is 0 Å². The van der Waals surface area contributed by atoms with Gasteiger partial charge in [0.1, 0.15) is 5.75 Å². The molecule has 0 aromatic heterocycles. The normalized spacial score (nSPS) is 26.7. The van der Waals surface area contributed by atoms with Gasteiger partial charge in [-0.2, -0.15) is 0 Å². The lowest BCUT2D eigenvalue weighted by Crippen LogP contribution is -2.37. The van der Waals surface area contributed by atoms with E-state index in [0.29, 0.717) is 39.2 Å². The molecule has 1 aliphatic rings. The minimum Gasteiger partial charge on any atom is -0.497 e. The molecule has 1 aromatic rings. The Kier molecular flexibility index (Phi) is 7.45. The van der Waals surface area contributed by atoms with Gasteiger partial charge in [0.05, 0.1) is 39.1 Å². The molecule has 3 atom stereocenters. The van der Waals surface area contributed by atoms with E-state index >= 15 is 0 Å². The average Bonchev–Trinajstić information content (AvgIpc) is 2.87. The first-order chi connectivity index (χ1) is 11.6. The van der Waals surface area contributed by atoms with Gasteiger partial charge in [-0.15, -0.1) is 0 Å². The molecule has 0 aliphatic heterocycles. The molecular formula is C18H29NO5. The molecule has 1 aromatic carbocycles. The fraction of sp³-hybridized carbons (Fsp3) is 0.667. The number of benzene rings is 1. The van der Waals surface area contributed by atoms with Crippen molar-refractivity contribution >= 4 is 0 Å². The zero-order valence-corrected chi connectivity index (χ0v) is 14.5. The molecule has 0 radical (unpaired) electrons. The molecule has 0 saturated heterocycles. The molecule has 1 aliphatic carbocycles. The maximum atomic E-state index is 9.94. The van der Waals surface area contributed by atoms with Gasteiger partial charge in [0.15, 0.2) is 0 Å². The maximum Gasteiger partial charge on any atom is 0.118 e. The number of ether oxygens (including phenoxy) is 3. The Hall–Kier alpha value is -1.18. The number of hydrogen-bond donors (Lipinski definition) is 3. The van der Waals surface area contributed by atoms with E-state index in [2.05, 4.69) is 5.32 Å². The number of aliphatic hydroxyl groups is 2. The average molecular weight is 339 g/mol. The smallest absolute Gasteiger partial charge is 0.118 e. The Bertz CT molecular complexity index is 469. The fourth-order valence-electron chi connectivity index (χ4n) is 3.20. The Morgan fingerprint density at radius 2 is 1.75 bits per heavy atom. The second kappa shape index (κ2) is 9.34. The van der Waals surface area contributed by atoms with Crippen LogP contribution in [0.15, 0.2) is 24.3 Å². The van der Waals surface area contributed by atoms with Gasteiger partial charge >= 0.3 is 0 Å². The van der Waals surface area contributed by atoms with Crippen LogP contribution in [0.2, 0.25) is 0 Å². The van der Waals surface area contributed by atoms with Crippen LogP contribution in [0, 0.1) is 5.41 Å². The van der Waals surface area contributed by atoms with E-state index in [4.69, 9.17) is 14.2 Å². The molecule has 6 heteroatoms.